The number of aromatic nitrogens is 1. The van der Waals surface area contributed by atoms with Crippen molar-refractivity contribution in [1.82, 2.24) is 10.3 Å². The molecule has 2 aromatic rings. The molecule has 0 saturated carbocycles. The molecule has 1 aliphatic rings. The second-order valence-electron chi connectivity index (χ2n) is 8.38. The Morgan fingerprint density at radius 3 is 2.58 bits per heavy atom. The number of thiazole rings is 1. The van der Waals surface area contributed by atoms with Crippen LogP contribution in [-0.4, -0.2) is 69.4 Å². The molecule has 31 heavy (non-hydrogen) atoms. The Morgan fingerprint density at radius 1 is 1.26 bits per heavy atom. The lowest BCUT2D eigenvalue weighted by atomic mass is 9.96. The Kier molecular flexibility index (Phi) is 6.82. The Labute approximate surface area is 183 Å². The molecule has 1 aliphatic heterocycles. The standard InChI is InChI=1S/C20H27N3O7S/c1-9(25)21-14-16(27)15(26)11(8-24)30-17(14)29-10-6-5-7-12-13(10)22-19(31-12)23-18(28)20(2,3)4/h5-7,11,14-17,24,26-27H,8H2,1-4H3,(H,21,25)(H,22,23,28)/t11?,14?,15-,16-,17-/m1/s1. The summed E-state index contributed by atoms with van der Waals surface area (Å²) in [6, 6.07) is 4.10. The summed E-state index contributed by atoms with van der Waals surface area (Å²) in [4.78, 5) is 28.3. The van der Waals surface area contributed by atoms with Gasteiger partial charge in [-0.25, -0.2) is 4.98 Å². The number of nitrogens with zero attached hydrogens (tertiary/aromatic N) is 1. The Bertz CT molecular complexity index is 958. The van der Waals surface area contributed by atoms with E-state index < -0.39 is 48.6 Å². The third kappa shape index (κ3) is 5.13. The van der Waals surface area contributed by atoms with E-state index in [1.165, 1.54) is 18.3 Å². The van der Waals surface area contributed by atoms with Crippen LogP contribution in [0.3, 0.4) is 0 Å². The molecule has 1 saturated heterocycles. The SMILES string of the molecule is CC(=O)NC1[C@H](Oc2cccc3sc(NC(=O)C(C)(C)C)nc23)OC(CO)[C@@H](O)[C@@H]1O. The van der Waals surface area contributed by atoms with Crippen LogP contribution in [0.25, 0.3) is 10.2 Å². The van der Waals surface area contributed by atoms with E-state index in [-0.39, 0.29) is 5.91 Å². The van der Waals surface area contributed by atoms with Crippen molar-refractivity contribution in [3.05, 3.63) is 18.2 Å². The van der Waals surface area contributed by atoms with Gasteiger partial charge < -0.3 is 35.4 Å². The van der Waals surface area contributed by atoms with Crippen LogP contribution in [-0.2, 0) is 14.3 Å². The highest BCUT2D eigenvalue weighted by molar-refractivity contribution is 7.22. The van der Waals surface area contributed by atoms with Gasteiger partial charge in [0.05, 0.1) is 11.3 Å². The van der Waals surface area contributed by atoms with Crippen molar-refractivity contribution in [2.24, 2.45) is 5.41 Å². The number of carbonyl (C=O) groups excluding carboxylic acids is 2. The molecule has 2 unspecified atom stereocenters. The average Bonchev–Trinajstić information content (AvgIpc) is 3.10. The molecule has 5 N–H and O–H groups in total. The first-order chi connectivity index (χ1) is 14.5. The monoisotopic (exact) mass is 453 g/mol. The number of aliphatic hydroxyl groups is 3. The molecule has 5 atom stereocenters. The lowest BCUT2D eigenvalue weighted by Crippen LogP contribution is -2.65. The largest absolute Gasteiger partial charge is 0.460 e. The molecule has 0 bridgehead atoms. The summed E-state index contributed by atoms with van der Waals surface area (Å²) in [6.45, 7) is 6.10. The Hall–Kier alpha value is -2.31. The van der Waals surface area contributed by atoms with E-state index in [0.717, 1.165) is 4.70 Å². The molecular weight excluding hydrogens is 426 g/mol. The smallest absolute Gasteiger partial charge is 0.231 e. The van der Waals surface area contributed by atoms with Gasteiger partial charge >= 0.3 is 0 Å². The number of fused-ring (bicyclic) bond motifs is 1. The van der Waals surface area contributed by atoms with Crippen LogP contribution in [0.15, 0.2) is 18.2 Å². The molecule has 1 fully saturated rings. The number of hydrogen-bond acceptors (Lipinski definition) is 9. The summed E-state index contributed by atoms with van der Waals surface area (Å²) in [5, 5.41) is 35.7. The molecule has 170 valence electrons. The fourth-order valence-corrected chi connectivity index (χ4v) is 3.93. The number of nitrogens with one attached hydrogen (secondary N) is 2. The van der Waals surface area contributed by atoms with Gasteiger partial charge in [0.25, 0.3) is 0 Å². The highest BCUT2D eigenvalue weighted by Crippen LogP contribution is 2.35. The van der Waals surface area contributed by atoms with Crippen LogP contribution in [0.5, 0.6) is 5.75 Å². The third-order valence-electron chi connectivity index (χ3n) is 4.78. The van der Waals surface area contributed by atoms with Crippen LogP contribution in [0.4, 0.5) is 5.13 Å². The summed E-state index contributed by atoms with van der Waals surface area (Å²) < 4.78 is 12.3. The fraction of sp³-hybridized carbons (Fsp3) is 0.550. The van der Waals surface area contributed by atoms with E-state index in [1.54, 1.807) is 32.9 Å². The van der Waals surface area contributed by atoms with Crippen LogP contribution in [0.1, 0.15) is 27.7 Å². The molecule has 2 heterocycles. The molecule has 0 spiro atoms. The van der Waals surface area contributed by atoms with Crippen molar-refractivity contribution in [3.8, 4) is 5.75 Å². The van der Waals surface area contributed by atoms with E-state index >= 15 is 0 Å². The highest BCUT2D eigenvalue weighted by Gasteiger charge is 2.46. The van der Waals surface area contributed by atoms with Crippen molar-refractivity contribution in [1.29, 1.82) is 0 Å². The maximum Gasteiger partial charge on any atom is 0.231 e. The zero-order valence-electron chi connectivity index (χ0n) is 17.7. The zero-order chi connectivity index (χ0) is 22.9. The molecular formula is C20H27N3O7S. The summed E-state index contributed by atoms with van der Waals surface area (Å²) in [6.07, 6.45) is -5.12. The van der Waals surface area contributed by atoms with E-state index in [1.807, 2.05) is 6.07 Å². The predicted octanol–water partition coefficient (Wildman–Crippen LogP) is 0.603. The lowest BCUT2D eigenvalue weighted by Gasteiger charge is -2.42. The van der Waals surface area contributed by atoms with Crippen molar-refractivity contribution in [3.63, 3.8) is 0 Å². The van der Waals surface area contributed by atoms with E-state index in [9.17, 15) is 24.9 Å². The zero-order valence-corrected chi connectivity index (χ0v) is 18.5. The normalized spacial score (nSPS) is 26.5. The molecule has 2 amide bonds. The number of amides is 2. The molecule has 11 heteroatoms. The molecule has 0 aliphatic carbocycles. The molecule has 1 aromatic carbocycles. The van der Waals surface area contributed by atoms with E-state index in [0.29, 0.717) is 16.4 Å². The first-order valence-corrected chi connectivity index (χ1v) is 10.6. The minimum atomic E-state index is -1.42. The van der Waals surface area contributed by atoms with Gasteiger partial charge in [-0.05, 0) is 12.1 Å². The Morgan fingerprint density at radius 2 is 1.97 bits per heavy atom. The van der Waals surface area contributed by atoms with E-state index in [2.05, 4.69) is 15.6 Å². The second-order valence-corrected chi connectivity index (χ2v) is 9.41. The number of ether oxygens (including phenoxy) is 2. The fourth-order valence-electron chi connectivity index (χ4n) is 3.05. The molecule has 10 nitrogen and oxygen atoms in total. The highest BCUT2D eigenvalue weighted by atomic mass is 32.1. The first-order valence-electron chi connectivity index (χ1n) is 9.78. The molecule has 1 aromatic heterocycles. The van der Waals surface area contributed by atoms with Crippen molar-refractivity contribution in [2.45, 2.75) is 58.3 Å². The van der Waals surface area contributed by atoms with Gasteiger partial charge in [0.1, 0.15) is 35.6 Å². The number of carbonyl (C=O) groups is 2. The average molecular weight is 454 g/mol. The summed E-state index contributed by atoms with van der Waals surface area (Å²) in [5.74, 6) is -0.334. The minimum absolute atomic E-state index is 0.182. The van der Waals surface area contributed by atoms with Gasteiger partial charge in [0, 0.05) is 12.3 Å². The predicted molar refractivity (Wildman–Crippen MR) is 114 cm³/mol. The second kappa shape index (κ2) is 9.05. The topological polar surface area (TPSA) is 150 Å². The Balaban J connectivity index is 1.89. The first kappa shape index (κ1) is 23.4. The van der Waals surface area contributed by atoms with Crippen LogP contribution in [0, 0.1) is 5.41 Å². The number of hydrogen-bond donors (Lipinski definition) is 5. The van der Waals surface area contributed by atoms with Crippen LogP contribution < -0.4 is 15.4 Å². The number of rotatable bonds is 5. The van der Waals surface area contributed by atoms with Gasteiger partial charge in [0.2, 0.25) is 18.1 Å². The van der Waals surface area contributed by atoms with Gasteiger partial charge in [-0.15, -0.1) is 0 Å². The maximum absolute atomic E-state index is 12.3. The third-order valence-corrected chi connectivity index (χ3v) is 5.71. The van der Waals surface area contributed by atoms with Gasteiger partial charge in [-0.2, -0.15) is 0 Å². The summed E-state index contributed by atoms with van der Waals surface area (Å²) >= 11 is 1.27. The quantitative estimate of drug-likeness (QED) is 0.442. The molecule has 0 radical (unpaired) electrons. The van der Waals surface area contributed by atoms with E-state index in [4.69, 9.17) is 9.47 Å². The number of para-hydroxylation sites is 1. The minimum Gasteiger partial charge on any atom is -0.460 e. The summed E-state index contributed by atoms with van der Waals surface area (Å²) in [7, 11) is 0. The number of aliphatic hydroxyl groups excluding tert-OH is 3. The lowest BCUT2D eigenvalue weighted by molar-refractivity contribution is -0.244. The molecule has 3 rings (SSSR count). The van der Waals surface area contributed by atoms with Crippen LogP contribution >= 0.6 is 11.3 Å². The van der Waals surface area contributed by atoms with Crippen molar-refractivity contribution < 1.29 is 34.4 Å². The van der Waals surface area contributed by atoms with Gasteiger partial charge in [0.15, 0.2) is 5.13 Å². The van der Waals surface area contributed by atoms with Crippen LogP contribution in [0.2, 0.25) is 0 Å². The van der Waals surface area contributed by atoms with Crippen molar-refractivity contribution in [2.75, 3.05) is 11.9 Å². The number of benzene rings is 1. The number of anilines is 1. The summed E-state index contributed by atoms with van der Waals surface area (Å²) in [5.41, 5.74) is -0.127. The van der Waals surface area contributed by atoms with Gasteiger partial charge in [-0.1, -0.05) is 38.2 Å². The maximum atomic E-state index is 12.3. The van der Waals surface area contributed by atoms with Gasteiger partial charge in [-0.3, -0.25) is 9.59 Å². The van der Waals surface area contributed by atoms with Crippen molar-refractivity contribution >= 4 is 38.5 Å².